The molecule has 1 aliphatic rings. The van der Waals surface area contributed by atoms with E-state index in [0.717, 1.165) is 48.0 Å². The normalized spacial score (nSPS) is 16.4. The van der Waals surface area contributed by atoms with Crippen LogP contribution in [0.25, 0.3) is 22.3 Å². The van der Waals surface area contributed by atoms with Gasteiger partial charge in [-0.25, -0.2) is 9.97 Å². The zero-order valence-electron chi connectivity index (χ0n) is 13.4. The van der Waals surface area contributed by atoms with E-state index in [9.17, 15) is 5.11 Å². The molecule has 0 aliphatic heterocycles. The monoisotopic (exact) mass is 320 g/mol. The molecule has 1 aliphatic carbocycles. The summed E-state index contributed by atoms with van der Waals surface area (Å²) in [6.07, 6.45) is 7.35. The summed E-state index contributed by atoms with van der Waals surface area (Å²) in [7, 11) is 0. The number of para-hydroxylation sites is 1. The first-order valence-electron chi connectivity index (χ1n) is 8.37. The molecule has 4 rings (SSSR count). The number of anilines is 1. The third kappa shape index (κ3) is 2.95. The van der Waals surface area contributed by atoms with Crippen LogP contribution in [0.1, 0.15) is 25.7 Å². The Kier molecular flexibility index (Phi) is 3.86. The number of aliphatic hydroxyl groups is 1. The quantitative estimate of drug-likeness (QED) is 0.771. The van der Waals surface area contributed by atoms with Crippen LogP contribution in [-0.4, -0.2) is 32.2 Å². The molecule has 1 fully saturated rings. The van der Waals surface area contributed by atoms with Crippen LogP contribution in [0, 0.1) is 0 Å². The number of nitrogens with zero attached hydrogens (tertiary/aromatic N) is 3. The maximum absolute atomic E-state index is 10.6. The van der Waals surface area contributed by atoms with Crippen molar-refractivity contribution in [2.24, 2.45) is 0 Å². The molecule has 0 spiro atoms. The van der Waals surface area contributed by atoms with Crippen molar-refractivity contribution in [2.75, 3.05) is 11.9 Å². The summed E-state index contributed by atoms with van der Waals surface area (Å²) in [6, 6.07) is 11.7. The lowest BCUT2D eigenvalue weighted by Crippen LogP contribution is -2.33. The van der Waals surface area contributed by atoms with Crippen molar-refractivity contribution >= 4 is 16.7 Å². The molecule has 2 N–H and O–H groups in total. The molecule has 1 saturated carbocycles. The van der Waals surface area contributed by atoms with Gasteiger partial charge in [0.15, 0.2) is 5.82 Å². The molecule has 0 atom stereocenters. The number of hydrogen-bond donors (Lipinski definition) is 2. The lowest BCUT2D eigenvalue weighted by Gasteiger charge is -2.23. The van der Waals surface area contributed by atoms with Gasteiger partial charge in [-0.1, -0.05) is 25.0 Å². The van der Waals surface area contributed by atoms with Crippen LogP contribution in [0.15, 0.2) is 48.8 Å². The second-order valence-electron chi connectivity index (χ2n) is 6.43. The molecular formula is C19H20N4O. The minimum atomic E-state index is -0.622. The first-order chi connectivity index (χ1) is 11.7. The highest BCUT2D eigenvalue weighted by molar-refractivity contribution is 5.90. The molecule has 2 aromatic heterocycles. The minimum Gasteiger partial charge on any atom is -0.388 e. The zero-order valence-corrected chi connectivity index (χ0v) is 13.4. The Morgan fingerprint density at radius 2 is 1.75 bits per heavy atom. The van der Waals surface area contributed by atoms with E-state index < -0.39 is 5.60 Å². The lowest BCUT2D eigenvalue weighted by molar-refractivity contribution is 0.0614. The van der Waals surface area contributed by atoms with Crippen LogP contribution >= 0.6 is 0 Å². The highest BCUT2D eigenvalue weighted by Crippen LogP contribution is 2.31. The molecule has 0 amide bonds. The Labute approximate surface area is 140 Å². The second-order valence-corrected chi connectivity index (χ2v) is 6.43. The predicted molar refractivity (Wildman–Crippen MR) is 94.7 cm³/mol. The van der Waals surface area contributed by atoms with E-state index in [4.69, 9.17) is 4.98 Å². The molecule has 5 heteroatoms. The standard InChI is InChI=1S/C19H20N4O/c24-19(9-3-4-10-19)13-21-18-15-5-1-2-6-16(15)22-17(23-18)14-7-11-20-12-8-14/h1-2,5-8,11-12,24H,3-4,9-10,13H2,(H,21,22,23). The summed E-state index contributed by atoms with van der Waals surface area (Å²) in [4.78, 5) is 13.4. The molecule has 122 valence electrons. The number of rotatable bonds is 4. The smallest absolute Gasteiger partial charge is 0.162 e. The molecular weight excluding hydrogens is 300 g/mol. The van der Waals surface area contributed by atoms with Crippen LogP contribution in [0.3, 0.4) is 0 Å². The van der Waals surface area contributed by atoms with E-state index in [1.807, 2.05) is 36.4 Å². The number of pyridine rings is 1. The van der Waals surface area contributed by atoms with Crippen LogP contribution < -0.4 is 5.32 Å². The van der Waals surface area contributed by atoms with Crippen molar-refractivity contribution in [1.29, 1.82) is 0 Å². The fraction of sp³-hybridized carbons (Fsp3) is 0.316. The first kappa shape index (κ1) is 15.0. The minimum absolute atomic E-state index is 0.518. The molecule has 5 nitrogen and oxygen atoms in total. The maximum atomic E-state index is 10.6. The molecule has 0 radical (unpaired) electrons. The summed E-state index contributed by atoms with van der Waals surface area (Å²) >= 11 is 0. The van der Waals surface area contributed by atoms with Crippen molar-refractivity contribution in [3.8, 4) is 11.4 Å². The van der Waals surface area contributed by atoms with Gasteiger partial charge < -0.3 is 10.4 Å². The molecule has 2 heterocycles. The maximum Gasteiger partial charge on any atom is 0.162 e. The summed E-state index contributed by atoms with van der Waals surface area (Å²) < 4.78 is 0. The molecule has 0 unspecified atom stereocenters. The van der Waals surface area contributed by atoms with Gasteiger partial charge in [-0.15, -0.1) is 0 Å². The Hall–Kier alpha value is -2.53. The van der Waals surface area contributed by atoms with E-state index in [1.165, 1.54) is 0 Å². The topological polar surface area (TPSA) is 70.9 Å². The first-order valence-corrected chi connectivity index (χ1v) is 8.37. The van der Waals surface area contributed by atoms with Gasteiger partial charge in [-0.3, -0.25) is 4.98 Å². The second kappa shape index (κ2) is 6.17. The van der Waals surface area contributed by atoms with E-state index in [0.29, 0.717) is 12.4 Å². The van der Waals surface area contributed by atoms with Gasteiger partial charge in [-0.2, -0.15) is 0 Å². The van der Waals surface area contributed by atoms with Crippen molar-refractivity contribution in [2.45, 2.75) is 31.3 Å². The van der Waals surface area contributed by atoms with Gasteiger partial charge >= 0.3 is 0 Å². The zero-order chi connectivity index (χ0) is 16.4. The van der Waals surface area contributed by atoms with Crippen molar-refractivity contribution < 1.29 is 5.11 Å². The van der Waals surface area contributed by atoms with E-state index in [1.54, 1.807) is 12.4 Å². The Bertz CT molecular complexity index is 844. The summed E-state index contributed by atoms with van der Waals surface area (Å²) in [5.41, 5.74) is 1.20. The van der Waals surface area contributed by atoms with Gasteiger partial charge in [-0.05, 0) is 37.1 Å². The fourth-order valence-electron chi connectivity index (χ4n) is 3.30. The van der Waals surface area contributed by atoms with Crippen LogP contribution in [-0.2, 0) is 0 Å². The largest absolute Gasteiger partial charge is 0.388 e. The number of aromatic nitrogens is 3. The van der Waals surface area contributed by atoms with Gasteiger partial charge in [0.05, 0.1) is 11.1 Å². The van der Waals surface area contributed by atoms with Crippen molar-refractivity contribution in [3.63, 3.8) is 0 Å². The third-order valence-electron chi connectivity index (χ3n) is 4.66. The van der Waals surface area contributed by atoms with E-state index in [2.05, 4.69) is 15.3 Å². The Morgan fingerprint density at radius 3 is 2.54 bits per heavy atom. The SMILES string of the molecule is OC1(CNc2nc(-c3ccncc3)nc3ccccc23)CCCC1. The lowest BCUT2D eigenvalue weighted by atomic mass is 10.0. The van der Waals surface area contributed by atoms with Gasteiger partial charge in [0.1, 0.15) is 5.82 Å². The molecule has 3 aromatic rings. The highest BCUT2D eigenvalue weighted by Gasteiger charge is 2.31. The average Bonchev–Trinajstić information content (AvgIpc) is 3.07. The molecule has 0 bridgehead atoms. The number of hydrogen-bond acceptors (Lipinski definition) is 5. The van der Waals surface area contributed by atoms with E-state index in [-0.39, 0.29) is 0 Å². The van der Waals surface area contributed by atoms with Crippen LogP contribution in [0.5, 0.6) is 0 Å². The summed E-state index contributed by atoms with van der Waals surface area (Å²) in [5, 5.41) is 14.9. The van der Waals surface area contributed by atoms with E-state index >= 15 is 0 Å². The highest BCUT2D eigenvalue weighted by atomic mass is 16.3. The third-order valence-corrected chi connectivity index (χ3v) is 4.66. The molecule has 0 saturated heterocycles. The Balaban J connectivity index is 1.72. The van der Waals surface area contributed by atoms with Gasteiger partial charge in [0, 0.05) is 29.9 Å². The van der Waals surface area contributed by atoms with Gasteiger partial charge in [0.25, 0.3) is 0 Å². The van der Waals surface area contributed by atoms with Crippen LogP contribution in [0.4, 0.5) is 5.82 Å². The molecule has 24 heavy (non-hydrogen) atoms. The Morgan fingerprint density at radius 1 is 1.00 bits per heavy atom. The number of fused-ring (bicyclic) bond motifs is 1. The number of nitrogens with one attached hydrogen (secondary N) is 1. The number of benzene rings is 1. The van der Waals surface area contributed by atoms with Crippen LogP contribution in [0.2, 0.25) is 0 Å². The predicted octanol–water partition coefficient (Wildman–Crippen LogP) is 3.41. The van der Waals surface area contributed by atoms with Gasteiger partial charge in [0.2, 0.25) is 0 Å². The van der Waals surface area contributed by atoms with Crippen molar-refractivity contribution in [1.82, 2.24) is 15.0 Å². The summed E-state index contributed by atoms with van der Waals surface area (Å²) in [6.45, 7) is 0.518. The fourth-order valence-corrected chi connectivity index (χ4v) is 3.30. The molecule has 1 aromatic carbocycles. The van der Waals surface area contributed by atoms with Crippen molar-refractivity contribution in [3.05, 3.63) is 48.8 Å². The summed E-state index contributed by atoms with van der Waals surface area (Å²) in [5.74, 6) is 1.43. The average molecular weight is 320 g/mol.